The van der Waals surface area contributed by atoms with E-state index in [1.54, 1.807) is 24.0 Å². The number of Topliss-reactive ketones (excluding diaryl/α,β-unsaturated/α-hetero) is 1. The van der Waals surface area contributed by atoms with Crippen LogP contribution in [0.3, 0.4) is 0 Å². The molecule has 1 aromatic heterocycles. The average Bonchev–Trinajstić information content (AvgIpc) is 3.15. The maximum absolute atomic E-state index is 14.3. The van der Waals surface area contributed by atoms with E-state index in [0.29, 0.717) is 26.0 Å². The van der Waals surface area contributed by atoms with Gasteiger partial charge in [0.25, 0.3) is 0 Å². The third-order valence-electron chi connectivity index (χ3n) is 8.74. The molecular weight excluding hydrogens is 624 g/mol. The number of fused-ring (bicyclic) bond motifs is 3. The average molecular weight is 673 g/mol. The largest absolute Gasteiger partial charge is 0.450 e. The highest BCUT2D eigenvalue weighted by molar-refractivity contribution is 6.76. The number of amides is 1. The smallest absolute Gasteiger partial charge is 0.410 e. The number of hydrogen-bond donors (Lipinski definition) is 0. The van der Waals surface area contributed by atoms with E-state index in [-0.39, 0.29) is 42.4 Å². The third kappa shape index (κ3) is 8.67. The Morgan fingerprint density at radius 1 is 1.08 bits per heavy atom. The van der Waals surface area contributed by atoms with E-state index in [0.717, 1.165) is 50.8 Å². The van der Waals surface area contributed by atoms with E-state index < -0.39 is 13.9 Å². The molecule has 3 aromatic rings. The fourth-order valence-corrected chi connectivity index (χ4v) is 7.23. The minimum atomic E-state index is -1.41. The van der Waals surface area contributed by atoms with Crippen LogP contribution in [0.1, 0.15) is 75.8 Å². The summed E-state index contributed by atoms with van der Waals surface area (Å²) in [7, 11) is -1.41. The normalized spacial score (nSPS) is 19.2. The Labute approximate surface area is 285 Å². The Balaban J connectivity index is 1.67. The molecule has 256 valence electrons. The maximum atomic E-state index is 14.3. The highest BCUT2D eigenvalue weighted by Crippen LogP contribution is 2.42. The molecule has 0 N–H and O–H groups in total. The molecule has 3 heterocycles. The standard InChI is InChI=1S/C39H49FN2O5Si/c1-25(2)36-33(18-17-30-22-31(21-26(3)43)47-39(4,5)46-30)35(27-13-15-29(40)16-14-27)34-24-42(38(44)45-19-20-48(6,7)8)23-28-11-9-10-12-32(28)37(34)41-36/h9-18,25,30-31H,19-24H2,1-8H3/b18-17+/t30-,31+/m1/s1. The van der Waals surface area contributed by atoms with Crippen molar-refractivity contribution in [3.05, 3.63) is 82.8 Å². The fraction of sp³-hybridized carbons (Fsp3) is 0.462. The number of halogens is 1. The first-order valence-corrected chi connectivity index (χ1v) is 20.7. The molecule has 2 aromatic carbocycles. The minimum Gasteiger partial charge on any atom is -0.450 e. The molecule has 1 amide bonds. The van der Waals surface area contributed by atoms with Crippen LogP contribution in [0.15, 0.2) is 54.6 Å². The van der Waals surface area contributed by atoms with Crippen LogP contribution >= 0.6 is 0 Å². The summed E-state index contributed by atoms with van der Waals surface area (Å²) in [6.45, 7) is 17.4. The number of ether oxygens (including phenoxy) is 3. The fourth-order valence-electron chi connectivity index (χ4n) is 6.51. The predicted octanol–water partition coefficient (Wildman–Crippen LogP) is 9.37. The molecule has 2 aliphatic rings. The van der Waals surface area contributed by atoms with Gasteiger partial charge in [0.2, 0.25) is 0 Å². The zero-order valence-corrected chi connectivity index (χ0v) is 30.6. The Morgan fingerprint density at radius 2 is 1.79 bits per heavy atom. The second-order valence-electron chi connectivity index (χ2n) is 15.0. The number of aromatic nitrogens is 1. The van der Waals surface area contributed by atoms with E-state index in [2.05, 4.69) is 39.6 Å². The monoisotopic (exact) mass is 672 g/mol. The van der Waals surface area contributed by atoms with Gasteiger partial charge in [-0.25, -0.2) is 9.18 Å². The van der Waals surface area contributed by atoms with Gasteiger partial charge in [-0.15, -0.1) is 0 Å². The van der Waals surface area contributed by atoms with Gasteiger partial charge in [-0.05, 0) is 61.6 Å². The van der Waals surface area contributed by atoms with Gasteiger partial charge in [-0.2, -0.15) is 0 Å². The molecule has 0 spiro atoms. The van der Waals surface area contributed by atoms with Crippen molar-refractivity contribution in [1.29, 1.82) is 0 Å². The van der Waals surface area contributed by atoms with Gasteiger partial charge >= 0.3 is 6.09 Å². The lowest BCUT2D eigenvalue weighted by atomic mass is 9.87. The van der Waals surface area contributed by atoms with E-state index in [9.17, 15) is 14.0 Å². The van der Waals surface area contributed by atoms with Gasteiger partial charge in [0.15, 0.2) is 5.79 Å². The summed E-state index contributed by atoms with van der Waals surface area (Å²) in [6.07, 6.45) is 3.99. The van der Waals surface area contributed by atoms with Crippen LogP contribution in [0.25, 0.3) is 28.5 Å². The first kappa shape index (κ1) is 35.6. The molecule has 1 fully saturated rings. The SMILES string of the molecule is CC(=O)C[C@H]1C[C@@H](/C=C/c2c(C(C)C)nc3c(c2-c2ccc(F)cc2)CN(C(=O)OCC[Si](C)(C)C)Cc2ccccc2-3)OC(C)(C)O1. The molecule has 0 saturated carbocycles. The zero-order valence-electron chi connectivity index (χ0n) is 29.6. The second kappa shape index (κ2) is 14.4. The van der Waals surface area contributed by atoms with Crippen molar-refractivity contribution >= 4 is 26.0 Å². The highest BCUT2D eigenvalue weighted by Gasteiger charge is 2.35. The molecule has 0 aliphatic carbocycles. The first-order chi connectivity index (χ1) is 22.6. The van der Waals surface area contributed by atoms with Gasteiger partial charge < -0.3 is 14.2 Å². The third-order valence-corrected chi connectivity index (χ3v) is 10.4. The summed E-state index contributed by atoms with van der Waals surface area (Å²) in [4.78, 5) is 32.8. The van der Waals surface area contributed by atoms with Crippen molar-refractivity contribution in [2.75, 3.05) is 6.61 Å². The molecule has 48 heavy (non-hydrogen) atoms. The van der Waals surface area contributed by atoms with Crippen molar-refractivity contribution in [3.8, 4) is 22.4 Å². The summed E-state index contributed by atoms with van der Waals surface area (Å²) in [5, 5.41) is 0. The molecule has 2 aliphatic heterocycles. The van der Waals surface area contributed by atoms with E-state index >= 15 is 0 Å². The van der Waals surface area contributed by atoms with Crippen LogP contribution in [-0.4, -0.2) is 54.4 Å². The summed E-state index contributed by atoms with van der Waals surface area (Å²) < 4.78 is 32.6. The molecule has 0 radical (unpaired) electrons. The number of ketones is 1. The molecule has 0 bridgehead atoms. The molecular formula is C39H49FN2O5Si. The predicted molar refractivity (Wildman–Crippen MR) is 191 cm³/mol. The van der Waals surface area contributed by atoms with Gasteiger partial charge in [0.05, 0.1) is 43.3 Å². The number of pyridine rings is 1. The Morgan fingerprint density at radius 3 is 2.46 bits per heavy atom. The molecule has 0 unspecified atom stereocenters. The number of carbonyl (C=O) groups is 2. The summed E-state index contributed by atoms with van der Waals surface area (Å²) in [5.41, 5.74) is 7.13. The molecule has 1 saturated heterocycles. The van der Waals surface area contributed by atoms with Crippen molar-refractivity contribution in [2.45, 2.75) is 110 Å². The van der Waals surface area contributed by atoms with Crippen molar-refractivity contribution in [1.82, 2.24) is 9.88 Å². The van der Waals surface area contributed by atoms with Crippen molar-refractivity contribution in [2.24, 2.45) is 0 Å². The molecule has 7 nitrogen and oxygen atoms in total. The Kier molecular flexibility index (Phi) is 10.7. The van der Waals surface area contributed by atoms with Gasteiger partial charge in [0, 0.05) is 37.6 Å². The molecule has 2 atom stereocenters. The van der Waals surface area contributed by atoms with Crippen LogP contribution in [-0.2, 0) is 32.1 Å². The lowest BCUT2D eigenvalue weighted by molar-refractivity contribution is -0.289. The summed E-state index contributed by atoms with van der Waals surface area (Å²) in [6, 6.07) is 15.5. The Bertz CT molecular complexity index is 1680. The number of carbonyl (C=O) groups excluding carboxylic acids is 2. The first-order valence-electron chi connectivity index (χ1n) is 17.0. The highest BCUT2D eigenvalue weighted by atomic mass is 28.3. The van der Waals surface area contributed by atoms with Crippen molar-refractivity contribution < 1.29 is 28.2 Å². The lowest BCUT2D eigenvalue weighted by Crippen LogP contribution is -2.44. The van der Waals surface area contributed by atoms with Gasteiger partial charge in [0.1, 0.15) is 11.6 Å². The van der Waals surface area contributed by atoms with Crippen LogP contribution < -0.4 is 0 Å². The lowest BCUT2D eigenvalue weighted by Gasteiger charge is -2.39. The van der Waals surface area contributed by atoms with Gasteiger partial charge in [-0.1, -0.05) is 82.0 Å². The number of hydrogen-bond acceptors (Lipinski definition) is 6. The second-order valence-corrected chi connectivity index (χ2v) is 20.6. The maximum Gasteiger partial charge on any atom is 0.410 e. The summed E-state index contributed by atoms with van der Waals surface area (Å²) in [5.74, 6) is -1.07. The Hall–Kier alpha value is -3.66. The van der Waals surface area contributed by atoms with Crippen LogP contribution in [0.4, 0.5) is 9.18 Å². The number of nitrogens with zero attached hydrogens (tertiary/aromatic N) is 2. The zero-order chi connectivity index (χ0) is 34.8. The quantitative estimate of drug-likeness (QED) is 0.211. The minimum absolute atomic E-state index is 0.0460. The van der Waals surface area contributed by atoms with E-state index in [1.165, 1.54) is 12.1 Å². The van der Waals surface area contributed by atoms with Gasteiger partial charge in [-0.3, -0.25) is 14.7 Å². The molecule has 9 heteroatoms. The number of benzene rings is 2. The van der Waals surface area contributed by atoms with Crippen LogP contribution in [0, 0.1) is 5.82 Å². The van der Waals surface area contributed by atoms with Crippen LogP contribution in [0.5, 0.6) is 0 Å². The van der Waals surface area contributed by atoms with Crippen molar-refractivity contribution in [3.63, 3.8) is 0 Å². The molecule has 5 rings (SSSR count). The van der Waals surface area contributed by atoms with Crippen LogP contribution in [0.2, 0.25) is 25.7 Å². The van der Waals surface area contributed by atoms with E-state index in [4.69, 9.17) is 19.2 Å². The number of rotatable bonds is 9. The van der Waals surface area contributed by atoms with E-state index in [1.807, 2.05) is 44.2 Å². The topological polar surface area (TPSA) is 78.0 Å². The summed E-state index contributed by atoms with van der Waals surface area (Å²) >= 11 is 0.